The highest BCUT2D eigenvalue weighted by molar-refractivity contribution is 5.95. The van der Waals surface area contributed by atoms with E-state index < -0.39 is 0 Å². The first-order chi connectivity index (χ1) is 13.9. The van der Waals surface area contributed by atoms with E-state index in [2.05, 4.69) is 54.0 Å². The Kier molecular flexibility index (Phi) is 6.96. The number of benzene rings is 1. The summed E-state index contributed by atoms with van der Waals surface area (Å²) in [4.78, 5) is 17.7. The number of carbonyl (C=O) groups excluding carboxylic acids is 1. The number of aromatic nitrogens is 2. The zero-order chi connectivity index (χ0) is 21.0. The molecule has 1 N–H and O–H groups in total. The number of nitrogens with zero attached hydrogens (tertiary/aromatic N) is 4. The molecule has 158 valence electrons. The number of amides is 1. The van der Waals surface area contributed by atoms with Crippen molar-refractivity contribution in [3.8, 4) is 0 Å². The van der Waals surface area contributed by atoms with Gasteiger partial charge in [0.2, 0.25) is 5.91 Å². The quantitative estimate of drug-likeness (QED) is 0.777. The first-order valence-corrected chi connectivity index (χ1v) is 10.8. The Balaban J connectivity index is 1.70. The fraction of sp³-hybridized carbons (Fsp3) is 0.565. The van der Waals surface area contributed by atoms with Crippen LogP contribution in [0.1, 0.15) is 37.7 Å². The number of likely N-dealkylation sites (N-methyl/N-ethyl adjacent to an activating group) is 1. The van der Waals surface area contributed by atoms with E-state index >= 15 is 0 Å². The monoisotopic (exact) mass is 397 g/mol. The number of nitrogens with one attached hydrogen (secondary N) is 1. The number of anilines is 2. The lowest BCUT2D eigenvalue weighted by Gasteiger charge is -2.36. The maximum absolute atomic E-state index is 12.9. The number of para-hydroxylation sites is 2. The average molecular weight is 398 g/mol. The van der Waals surface area contributed by atoms with E-state index in [9.17, 15) is 4.79 Å². The second-order valence-corrected chi connectivity index (χ2v) is 8.39. The minimum Gasteiger partial charge on any atom is -0.367 e. The van der Waals surface area contributed by atoms with Gasteiger partial charge in [-0.2, -0.15) is 5.10 Å². The second-order valence-electron chi connectivity index (χ2n) is 8.39. The molecule has 3 rings (SSSR count). The van der Waals surface area contributed by atoms with Crippen molar-refractivity contribution in [2.24, 2.45) is 5.92 Å². The second kappa shape index (κ2) is 9.44. The Bertz CT molecular complexity index is 834. The predicted octanol–water partition coefficient (Wildman–Crippen LogP) is 3.48. The van der Waals surface area contributed by atoms with Crippen LogP contribution < -0.4 is 10.2 Å². The first kappa shape index (κ1) is 21.4. The van der Waals surface area contributed by atoms with Crippen LogP contribution in [0.3, 0.4) is 0 Å². The van der Waals surface area contributed by atoms with Gasteiger partial charge in [0.1, 0.15) is 0 Å². The fourth-order valence-electron chi connectivity index (χ4n) is 4.03. The molecule has 0 atom stereocenters. The number of hydrogen-bond donors (Lipinski definition) is 1. The zero-order valence-corrected chi connectivity index (χ0v) is 18.5. The SMILES string of the molecule is CCN1CCN(c2ccccc2NC(=O)Cc2c(C)nn(CC(C)C)c2C)CC1. The van der Waals surface area contributed by atoms with Crippen molar-refractivity contribution < 1.29 is 4.79 Å². The van der Waals surface area contributed by atoms with Crippen LogP contribution >= 0.6 is 0 Å². The molecule has 6 heteroatoms. The summed E-state index contributed by atoms with van der Waals surface area (Å²) in [5, 5.41) is 7.80. The molecule has 6 nitrogen and oxygen atoms in total. The summed E-state index contributed by atoms with van der Waals surface area (Å²) in [7, 11) is 0. The van der Waals surface area contributed by atoms with Crippen molar-refractivity contribution in [1.29, 1.82) is 0 Å². The fourth-order valence-corrected chi connectivity index (χ4v) is 4.03. The molecule has 0 saturated carbocycles. The lowest BCUT2D eigenvalue weighted by atomic mass is 10.1. The van der Waals surface area contributed by atoms with E-state index in [1.807, 2.05) is 29.8 Å². The molecule has 2 heterocycles. The van der Waals surface area contributed by atoms with Gasteiger partial charge in [0.15, 0.2) is 0 Å². The molecule has 0 bridgehead atoms. The molecule has 1 aromatic heterocycles. The lowest BCUT2D eigenvalue weighted by Crippen LogP contribution is -2.46. The largest absolute Gasteiger partial charge is 0.367 e. The highest BCUT2D eigenvalue weighted by Crippen LogP contribution is 2.27. The van der Waals surface area contributed by atoms with Crippen LogP contribution in [-0.4, -0.2) is 53.3 Å². The maximum Gasteiger partial charge on any atom is 0.228 e. The zero-order valence-electron chi connectivity index (χ0n) is 18.5. The molecule has 0 aliphatic carbocycles. The molecule has 1 fully saturated rings. The van der Waals surface area contributed by atoms with Crippen LogP contribution in [0, 0.1) is 19.8 Å². The van der Waals surface area contributed by atoms with Gasteiger partial charge in [-0.05, 0) is 38.4 Å². The number of rotatable bonds is 7. The molecular weight excluding hydrogens is 362 g/mol. The topological polar surface area (TPSA) is 53.4 Å². The third-order valence-corrected chi connectivity index (χ3v) is 5.75. The Morgan fingerprint density at radius 2 is 1.83 bits per heavy atom. The van der Waals surface area contributed by atoms with E-state index in [0.29, 0.717) is 12.3 Å². The average Bonchev–Trinajstić information content (AvgIpc) is 2.95. The van der Waals surface area contributed by atoms with Crippen molar-refractivity contribution >= 4 is 17.3 Å². The number of hydrogen-bond acceptors (Lipinski definition) is 4. The predicted molar refractivity (Wildman–Crippen MR) is 120 cm³/mol. The molecule has 0 spiro atoms. The molecule has 1 amide bonds. The van der Waals surface area contributed by atoms with Gasteiger partial charge in [-0.15, -0.1) is 0 Å². The smallest absolute Gasteiger partial charge is 0.228 e. The molecule has 0 unspecified atom stereocenters. The summed E-state index contributed by atoms with van der Waals surface area (Å²) in [6, 6.07) is 8.13. The van der Waals surface area contributed by atoms with E-state index in [-0.39, 0.29) is 5.91 Å². The van der Waals surface area contributed by atoms with E-state index in [4.69, 9.17) is 0 Å². The van der Waals surface area contributed by atoms with Gasteiger partial charge < -0.3 is 15.1 Å². The number of aryl methyl sites for hydroxylation is 1. The van der Waals surface area contributed by atoms with E-state index in [1.165, 1.54) is 0 Å². The van der Waals surface area contributed by atoms with Gasteiger partial charge in [0.25, 0.3) is 0 Å². The van der Waals surface area contributed by atoms with Gasteiger partial charge in [-0.25, -0.2) is 0 Å². The lowest BCUT2D eigenvalue weighted by molar-refractivity contribution is -0.115. The molecule has 1 aromatic carbocycles. The first-order valence-electron chi connectivity index (χ1n) is 10.8. The molecule has 1 saturated heterocycles. The molecule has 2 aromatic rings. The Hall–Kier alpha value is -2.34. The summed E-state index contributed by atoms with van der Waals surface area (Å²) in [6.45, 7) is 16.7. The van der Waals surface area contributed by atoms with Crippen LogP contribution in [0.2, 0.25) is 0 Å². The Morgan fingerprint density at radius 1 is 1.14 bits per heavy atom. The number of carbonyl (C=O) groups is 1. The van der Waals surface area contributed by atoms with Gasteiger partial charge >= 0.3 is 0 Å². The molecule has 29 heavy (non-hydrogen) atoms. The molecule has 0 radical (unpaired) electrons. The van der Waals surface area contributed by atoms with Gasteiger partial charge in [0.05, 0.1) is 23.5 Å². The van der Waals surface area contributed by atoms with Crippen molar-refractivity contribution in [3.05, 3.63) is 41.2 Å². The van der Waals surface area contributed by atoms with Crippen LogP contribution in [-0.2, 0) is 17.8 Å². The van der Waals surface area contributed by atoms with Crippen LogP contribution in [0.5, 0.6) is 0 Å². The van der Waals surface area contributed by atoms with Crippen LogP contribution in [0.15, 0.2) is 24.3 Å². The van der Waals surface area contributed by atoms with E-state index in [1.54, 1.807) is 0 Å². The number of piperazine rings is 1. The normalized spacial score (nSPS) is 15.2. The Morgan fingerprint density at radius 3 is 2.48 bits per heavy atom. The van der Waals surface area contributed by atoms with Gasteiger partial charge in [0, 0.05) is 44.0 Å². The van der Waals surface area contributed by atoms with Gasteiger partial charge in [-0.1, -0.05) is 32.9 Å². The summed E-state index contributed by atoms with van der Waals surface area (Å²) >= 11 is 0. The summed E-state index contributed by atoms with van der Waals surface area (Å²) in [6.07, 6.45) is 0.355. The van der Waals surface area contributed by atoms with Crippen LogP contribution in [0.4, 0.5) is 11.4 Å². The summed E-state index contributed by atoms with van der Waals surface area (Å²) < 4.78 is 2.03. The van der Waals surface area contributed by atoms with Crippen LogP contribution in [0.25, 0.3) is 0 Å². The standard InChI is InChI=1S/C23H35N5O/c1-6-26-11-13-27(14-12-26)22-10-8-7-9-21(22)24-23(29)15-20-18(4)25-28(19(20)5)16-17(2)3/h7-10,17H,6,11-16H2,1-5H3,(H,24,29). The van der Waals surface area contributed by atoms with Crippen molar-refractivity contribution in [1.82, 2.24) is 14.7 Å². The summed E-state index contributed by atoms with van der Waals surface area (Å²) in [5.74, 6) is 0.537. The van der Waals surface area contributed by atoms with Gasteiger partial charge in [-0.3, -0.25) is 9.48 Å². The van der Waals surface area contributed by atoms with E-state index in [0.717, 1.165) is 67.6 Å². The molecule has 1 aliphatic rings. The maximum atomic E-state index is 12.9. The minimum atomic E-state index is 0.0138. The molecule has 1 aliphatic heterocycles. The third-order valence-electron chi connectivity index (χ3n) is 5.75. The van der Waals surface area contributed by atoms with Crippen molar-refractivity contribution in [2.45, 2.75) is 47.6 Å². The minimum absolute atomic E-state index is 0.0138. The molecular formula is C23H35N5O. The van der Waals surface area contributed by atoms with Crippen molar-refractivity contribution in [2.75, 3.05) is 42.9 Å². The van der Waals surface area contributed by atoms with Crippen molar-refractivity contribution in [3.63, 3.8) is 0 Å². The Labute approximate surface area is 174 Å². The highest BCUT2D eigenvalue weighted by Gasteiger charge is 2.20. The summed E-state index contributed by atoms with van der Waals surface area (Å²) in [5.41, 5.74) is 5.09. The highest BCUT2D eigenvalue weighted by atomic mass is 16.1. The third kappa shape index (κ3) is 5.18.